The monoisotopic (exact) mass is 292 g/mol. The van der Waals surface area contributed by atoms with Gasteiger partial charge in [-0.05, 0) is 32.3 Å². The average Bonchev–Trinajstić information content (AvgIpc) is 2.46. The summed E-state index contributed by atoms with van der Waals surface area (Å²) < 4.78 is 5.36. The standard InChI is InChI=1S/C17H28N2O2/c1-12(2)10-11-18-17(20)14(4)19-13(3)15-8-6-7-9-16(15)21-5/h6-9,12-14,19H,10-11H2,1-5H3,(H,18,20)/t13-,14?/m1/s1. The second kappa shape index (κ2) is 8.67. The first kappa shape index (κ1) is 17.5. The quantitative estimate of drug-likeness (QED) is 0.774. The molecule has 1 unspecified atom stereocenters. The first-order valence-corrected chi connectivity index (χ1v) is 7.62. The van der Waals surface area contributed by atoms with E-state index in [-0.39, 0.29) is 18.0 Å². The van der Waals surface area contributed by atoms with E-state index < -0.39 is 0 Å². The van der Waals surface area contributed by atoms with Gasteiger partial charge in [0.15, 0.2) is 0 Å². The molecule has 1 aromatic carbocycles. The molecule has 0 heterocycles. The van der Waals surface area contributed by atoms with E-state index in [0.717, 1.165) is 24.3 Å². The van der Waals surface area contributed by atoms with E-state index in [0.29, 0.717) is 5.92 Å². The van der Waals surface area contributed by atoms with Crippen molar-refractivity contribution in [3.8, 4) is 5.75 Å². The molecule has 4 nitrogen and oxygen atoms in total. The van der Waals surface area contributed by atoms with Gasteiger partial charge < -0.3 is 10.1 Å². The smallest absolute Gasteiger partial charge is 0.236 e. The summed E-state index contributed by atoms with van der Waals surface area (Å²) in [6.07, 6.45) is 1.00. The molecule has 0 aliphatic heterocycles. The zero-order chi connectivity index (χ0) is 15.8. The molecule has 0 saturated heterocycles. The summed E-state index contributed by atoms with van der Waals surface area (Å²) in [5.41, 5.74) is 1.06. The molecule has 0 spiro atoms. The van der Waals surface area contributed by atoms with E-state index in [4.69, 9.17) is 4.74 Å². The maximum Gasteiger partial charge on any atom is 0.236 e. The number of amides is 1. The molecule has 2 N–H and O–H groups in total. The summed E-state index contributed by atoms with van der Waals surface area (Å²) >= 11 is 0. The van der Waals surface area contributed by atoms with E-state index >= 15 is 0 Å². The fourth-order valence-electron chi connectivity index (χ4n) is 2.20. The lowest BCUT2D eigenvalue weighted by Gasteiger charge is -2.21. The molecule has 0 aromatic heterocycles. The molecule has 21 heavy (non-hydrogen) atoms. The molecule has 2 atom stereocenters. The number of methoxy groups -OCH3 is 1. The fourth-order valence-corrected chi connectivity index (χ4v) is 2.20. The highest BCUT2D eigenvalue weighted by molar-refractivity contribution is 5.81. The van der Waals surface area contributed by atoms with Crippen LogP contribution in [0.4, 0.5) is 0 Å². The van der Waals surface area contributed by atoms with Crippen LogP contribution >= 0.6 is 0 Å². The summed E-state index contributed by atoms with van der Waals surface area (Å²) in [5.74, 6) is 1.48. The molecular weight excluding hydrogens is 264 g/mol. The van der Waals surface area contributed by atoms with Gasteiger partial charge in [-0.2, -0.15) is 0 Å². The lowest BCUT2D eigenvalue weighted by atomic mass is 10.1. The van der Waals surface area contributed by atoms with Crippen molar-refractivity contribution in [1.82, 2.24) is 10.6 Å². The van der Waals surface area contributed by atoms with Gasteiger partial charge in [0.1, 0.15) is 5.75 Å². The predicted octanol–water partition coefficient (Wildman–Crippen LogP) is 2.90. The highest BCUT2D eigenvalue weighted by Crippen LogP contribution is 2.24. The van der Waals surface area contributed by atoms with Gasteiger partial charge in [0.05, 0.1) is 13.2 Å². The Labute approximate surface area is 128 Å². The Morgan fingerprint density at radius 1 is 1.19 bits per heavy atom. The SMILES string of the molecule is COc1ccccc1[C@@H](C)NC(C)C(=O)NCCC(C)C. The van der Waals surface area contributed by atoms with E-state index in [1.165, 1.54) is 0 Å². The Balaban J connectivity index is 2.53. The Kier molecular flexibility index (Phi) is 7.23. The van der Waals surface area contributed by atoms with Crippen LogP contribution in [0.1, 0.15) is 45.7 Å². The number of hydrogen-bond acceptors (Lipinski definition) is 3. The molecule has 4 heteroatoms. The number of carbonyl (C=O) groups excluding carboxylic acids is 1. The van der Waals surface area contributed by atoms with Gasteiger partial charge in [-0.1, -0.05) is 32.0 Å². The van der Waals surface area contributed by atoms with Gasteiger partial charge in [-0.15, -0.1) is 0 Å². The summed E-state index contributed by atoms with van der Waals surface area (Å²) in [4.78, 5) is 12.0. The van der Waals surface area contributed by atoms with Crippen LogP contribution in [0.3, 0.4) is 0 Å². The zero-order valence-corrected chi connectivity index (χ0v) is 13.8. The number of rotatable bonds is 8. The largest absolute Gasteiger partial charge is 0.496 e. The van der Waals surface area contributed by atoms with E-state index in [2.05, 4.69) is 24.5 Å². The molecular formula is C17H28N2O2. The maximum atomic E-state index is 12.0. The highest BCUT2D eigenvalue weighted by atomic mass is 16.5. The van der Waals surface area contributed by atoms with Gasteiger partial charge in [-0.3, -0.25) is 10.1 Å². The van der Waals surface area contributed by atoms with Crippen molar-refractivity contribution < 1.29 is 9.53 Å². The van der Waals surface area contributed by atoms with Crippen molar-refractivity contribution in [2.45, 2.75) is 46.2 Å². The van der Waals surface area contributed by atoms with Crippen molar-refractivity contribution in [3.63, 3.8) is 0 Å². The Morgan fingerprint density at radius 2 is 1.86 bits per heavy atom. The molecule has 0 saturated carbocycles. The third-order valence-electron chi connectivity index (χ3n) is 3.52. The number of carbonyl (C=O) groups is 1. The lowest BCUT2D eigenvalue weighted by molar-refractivity contribution is -0.122. The second-order valence-corrected chi connectivity index (χ2v) is 5.83. The van der Waals surface area contributed by atoms with Crippen LogP contribution in [-0.4, -0.2) is 25.6 Å². The number of para-hydroxylation sites is 1. The summed E-state index contributed by atoms with van der Waals surface area (Å²) in [5, 5.41) is 6.28. The minimum absolute atomic E-state index is 0.0393. The molecule has 1 rings (SSSR count). The summed E-state index contributed by atoms with van der Waals surface area (Å²) in [6.45, 7) is 8.95. The van der Waals surface area contributed by atoms with Gasteiger partial charge in [-0.25, -0.2) is 0 Å². The van der Waals surface area contributed by atoms with Crippen LogP contribution < -0.4 is 15.4 Å². The normalized spacial score (nSPS) is 13.8. The first-order chi connectivity index (χ1) is 9.95. The Hall–Kier alpha value is -1.55. The van der Waals surface area contributed by atoms with Crippen LogP contribution in [0.25, 0.3) is 0 Å². The highest BCUT2D eigenvalue weighted by Gasteiger charge is 2.17. The number of benzene rings is 1. The van der Waals surface area contributed by atoms with Gasteiger partial charge >= 0.3 is 0 Å². The molecule has 0 aliphatic carbocycles. The third kappa shape index (κ3) is 5.76. The van der Waals surface area contributed by atoms with Crippen molar-refractivity contribution in [3.05, 3.63) is 29.8 Å². The van der Waals surface area contributed by atoms with Gasteiger partial charge in [0, 0.05) is 18.2 Å². The average molecular weight is 292 g/mol. The van der Waals surface area contributed by atoms with Crippen molar-refractivity contribution >= 4 is 5.91 Å². The van der Waals surface area contributed by atoms with E-state index in [9.17, 15) is 4.79 Å². The number of ether oxygens (including phenoxy) is 1. The molecule has 0 bridgehead atoms. The number of nitrogens with one attached hydrogen (secondary N) is 2. The van der Waals surface area contributed by atoms with Crippen molar-refractivity contribution in [2.24, 2.45) is 5.92 Å². The molecule has 0 radical (unpaired) electrons. The first-order valence-electron chi connectivity index (χ1n) is 7.62. The summed E-state index contributed by atoms with van der Waals surface area (Å²) in [7, 11) is 1.66. The third-order valence-corrected chi connectivity index (χ3v) is 3.52. The lowest BCUT2D eigenvalue weighted by Crippen LogP contribution is -2.43. The molecule has 118 valence electrons. The van der Waals surface area contributed by atoms with Crippen LogP contribution in [-0.2, 0) is 4.79 Å². The van der Waals surface area contributed by atoms with Gasteiger partial charge in [0.2, 0.25) is 5.91 Å². The van der Waals surface area contributed by atoms with Gasteiger partial charge in [0.25, 0.3) is 0 Å². The van der Waals surface area contributed by atoms with Crippen LogP contribution in [0.15, 0.2) is 24.3 Å². The Morgan fingerprint density at radius 3 is 2.48 bits per heavy atom. The zero-order valence-electron chi connectivity index (χ0n) is 13.8. The fraction of sp³-hybridized carbons (Fsp3) is 0.588. The minimum Gasteiger partial charge on any atom is -0.496 e. The minimum atomic E-state index is -0.239. The molecule has 0 fully saturated rings. The van der Waals surface area contributed by atoms with E-state index in [1.807, 2.05) is 38.1 Å². The molecule has 0 aliphatic rings. The maximum absolute atomic E-state index is 12.0. The second-order valence-electron chi connectivity index (χ2n) is 5.83. The molecule has 1 aromatic rings. The number of hydrogen-bond donors (Lipinski definition) is 2. The predicted molar refractivity (Wildman–Crippen MR) is 86.5 cm³/mol. The van der Waals surface area contributed by atoms with E-state index in [1.54, 1.807) is 7.11 Å². The van der Waals surface area contributed by atoms with Crippen LogP contribution in [0.5, 0.6) is 5.75 Å². The Bertz CT molecular complexity index is 446. The molecule has 1 amide bonds. The summed E-state index contributed by atoms with van der Waals surface area (Å²) in [6, 6.07) is 7.67. The topological polar surface area (TPSA) is 50.4 Å². The van der Waals surface area contributed by atoms with Crippen LogP contribution in [0, 0.1) is 5.92 Å². The van der Waals surface area contributed by atoms with Crippen LogP contribution in [0.2, 0.25) is 0 Å². The van der Waals surface area contributed by atoms with Crippen molar-refractivity contribution in [2.75, 3.05) is 13.7 Å². The van der Waals surface area contributed by atoms with Crippen molar-refractivity contribution in [1.29, 1.82) is 0 Å².